The van der Waals surface area contributed by atoms with E-state index in [1.165, 1.54) is 0 Å². The minimum Gasteiger partial charge on any atom is -0.357 e. The molecule has 6 nitrogen and oxygen atoms in total. The number of hydrogen-bond acceptors (Lipinski definition) is 5. The van der Waals surface area contributed by atoms with Crippen molar-refractivity contribution in [2.24, 2.45) is 7.05 Å². The smallest absolute Gasteiger partial charge is 0.224 e. The van der Waals surface area contributed by atoms with Gasteiger partial charge in [-0.1, -0.05) is 0 Å². The molecule has 0 aliphatic heterocycles. The summed E-state index contributed by atoms with van der Waals surface area (Å²) in [6, 6.07) is 0. The first-order valence-corrected chi connectivity index (χ1v) is 5.80. The second-order valence-corrected chi connectivity index (χ2v) is 4.26. The first-order chi connectivity index (χ1) is 8.61. The number of nitrogens with one attached hydrogen (secondary N) is 1. The molecular weight excluding hydrogens is 228 g/mol. The minimum atomic E-state index is 0.627. The van der Waals surface area contributed by atoms with E-state index in [4.69, 9.17) is 0 Å². The Labute approximate surface area is 107 Å². The molecule has 0 amide bonds. The highest BCUT2D eigenvalue weighted by Crippen LogP contribution is 2.18. The van der Waals surface area contributed by atoms with Gasteiger partial charge in [-0.2, -0.15) is 4.98 Å². The number of aryl methyl sites for hydroxylation is 2. The van der Waals surface area contributed by atoms with Gasteiger partial charge in [0.1, 0.15) is 11.6 Å². The molecule has 0 aliphatic rings. The van der Waals surface area contributed by atoms with Crippen molar-refractivity contribution < 1.29 is 0 Å². The Morgan fingerprint density at radius 3 is 2.78 bits per heavy atom. The second kappa shape index (κ2) is 5.03. The molecule has 0 atom stereocenters. The summed E-state index contributed by atoms with van der Waals surface area (Å²) >= 11 is 0. The molecule has 0 bridgehead atoms. The van der Waals surface area contributed by atoms with Crippen LogP contribution in [0.1, 0.15) is 11.4 Å². The van der Waals surface area contributed by atoms with E-state index < -0.39 is 0 Å². The molecule has 0 unspecified atom stereocenters. The summed E-state index contributed by atoms with van der Waals surface area (Å²) < 4.78 is 2.01. The van der Waals surface area contributed by atoms with Crippen molar-refractivity contribution in [1.82, 2.24) is 19.5 Å². The molecule has 18 heavy (non-hydrogen) atoms. The van der Waals surface area contributed by atoms with E-state index in [0.29, 0.717) is 12.5 Å². The van der Waals surface area contributed by atoms with Crippen LogP contribution in [0.4, 0.5) is 11.8 Å². The fourth-order valence-electron chi connectivity index (χ4n) is 1.78. The molecular formula is C12H18N6. The minimum absolute atomic E-state index is 0.627. The Morgan fingerprint density at radius 1 is 1.39 bits per heavy atom. The number of hydrogen-bond donors (Lipinski definition) is 1. The first-order valence-electron chi connectivity index (χ1n) is 5.80. The summed E-state index contributed by atoms with van der Waals surface area (Å²) in [5.41, 5.74) is 1.05. The van der Waals surface area contributed by atoms with Crippen molar-refractivity contribution in [2.45, 2.75) is 13.5 Å². The fraction of sp³-hybridized carbons (Fsp3) is 0.417. The molecule has 2 rings (SSSR count). The highest BCUT2D eigenvalue weighted by Gasteiger charge is 2.10. The van der Waals surface area contributed by atoms with E-state index in [1.807, 2.05) is 45.0 Å². The number of nitrogens with zero attached hydrogens (tertiary/aromatic N) is 5. The van der Waals surface area contributed by atoms with Crippen LogP contribution in [0.15, 0.2) is 18.6 Å². The van der Waals surface area contributed by atoms with Gasteiger partial charge in [-0.3, -0.25) is 0 Å². The summed E-state index contributed by atoms with van der Waals surface area (Å²) in [4.78, 5) is 15.0. The maximum absolute atomic E-state index is 4.47. The predicted octanol–water partition coefficient (Wildman–Crippen LogP) is 1.20. The summed E-state index contributed by atoms with van der Waals surface area (Å²) in [6.45, 7) is 2.72. The zero-order valence-corrected chi connectivity index (χ0v) is 11.2. The van der Waals surface area contributed by atoms with E-state index in [-0.39, 0.29) is 0 Å². The topological polar surface area (TPSA) is 58.9 Å². The Hall–Kier alpha value is -2.11. The van der Waals surface area contributed by atoms with Crippen molar-refractivity contribution in [1.29, 1.82) is 0 Å². The van der Waals surface area contributed by atoms with Crippen LogP contribution in [0.2, 0.25) is 0 Å². The Balaban J connectivity index is 2.23. The number of imidazole rings is 1. The largest absolute Gasteiger partial charge is 0.357 e. The lowest BCUT2D eigenvalue weighted by atomic mass is 10.3. The van der Waals surface area contributed by atoms with Gasteiger partial charge in [0.25, 0.3) is 0 Å². The van der Waals surface area contributed by atoms with Crippen molar-refractivity contribution in [3.63, 3.8) is 0 Å². The maximum Gasteiger partial charge on any atom is 0.224 e. The third-order valence-electron chi connectivity index (χ3n) is 2.83. The maximum atomic E-state index is 4.47. The van der Waals surface area contributed by atoms with Gasteiger partial charge in [-0.25, -0.2) is 9.97 Å². The van der Waals surface area contributed by atoms with E-state index in [9.17, 15) is 0 Å². The van der Waals surface area contributed by atoms with Crippen LogP contribution in [-0.2, 0) is 13.6 Å². The molecule has 0 radical (unpaired) electrons. The highest BCUT2D eigenvalue weighted by molar-refractivity contribution is 5.48. The normalized spacial score (nSPS) is 10.4. The molecule has 0 saturated heterocycles. The molecule has 2 aromatic heterocycles. The molecule has 96 valence electrons. The van der Waals surface area contributed by atoms with Gasteiger partial charge >= 0.3 is 0 Å². The van der Waals surface area contributed by atoms with Crippen LogP contribution in [0.5, 0.6) is 0 Å². The van der Waals surface area contributed by atoms with Crippen molar-refractivity contribution >= 4 is 11.8 Å². The molecule has 0 fully saturated rings. The van der Waals surface area contributed by atoms with E-state index in [2.05, 4.69) is 25.2 Å². The Morgan fingerprint density at radius 2 is 2.17 bits per heavy atom. The molecule has 2 heterocycles. The number of aromatic nitrogens is 4. The quantitative estimate of drug-likeness (QED) is 0.878. The van der Waals surface area contributed by atoms with Crippen molar-refractivity contribution in [3.8, 4) is 0 Å². The van der Waals surface area contributed by atoms with E-state index in [1.54, 1.807) is 6.20 Å². The third-order valence-corrected chi connectivity index (χ3v) is 2.83. The monoisotopic (exact) mass is 246 g/mol. The third kappa shape index (κ3) is 2.42. The van der Waals surface area contributed by atoms with Gasteiger partial charge in [-0.15, -0.1) is 0 Å². The SMILES string of the molecule is CNc1ncc(C)c(N(C)Cc2nccn2C)n1. The predicted molar refractivity (Wildman–Crippen MR) is 71.6 cm³/mol. The Bertz CT molecular complexity index is 533. The fourth-order valence-corrected chi connectivity index (χ4v) is 1.78. The molecule has 6 heteroatoms. The zero-order chi connectivity index (χ0) is 13.1. The molecule has 0 saturated carbocycles. The van der Waals surface area contributed by atoms with Crippen LogP contribution in [0.3, 0.4) is 0 Å². The first kappa shape index (κ1) is 12.3. The van der Waals surface area contributed by atoms with Gasteiger partial charge in [0.2, 0.25) is 5.95 Å². The van der Waals surface area contributed by atoms with Crippen molar-refractivity contribution in [3.05, 3.63) is 30.0 Å². The number of rotatable bonds is 4. The molecule has 0 aromatic carbocycles. The van der Waals surface area contributed by atoms with E-state index >= 15 is 0 Å². The average molecular weight is 246 g/mol. The molecule has 1 N–H and O–H groups in total. The zero-order valence-electron chi connectivity index (χ0n) is 11.2. The summed E-state index contributed by atoms with van der Waals surface area (Å²) in [5, 5.41) is 2.95. The van der Waals surface area contributed by atoms with Crippen molar-refractivity contribution in [2.75, 3.05) is 24.3 Å². The van der Waals surface area contributed by atoms with Crippen LogP contribution >= 0.6 is 0 Å². The van der Waals surface area contributed by atoms with Gasteiger partial charge in [0, 0.05) is 45.3 Å². The van der Waals surface area contributed by atoms with Gasteiger partial charge in [0.15, 0.2) is 0 Å². The van der Waals surface area contributed by atoms with Gasteiger partial charge in [-0.05, 0) is 6.92 Å². The Kier molecular flexibility index (Phi) is 3.45. The lowest BCUT2D eigenvalue weighted by molar-refractivity contribution is 0.753. The van der Waals surface area contributed by atoms with Crippen LogP contribution in [0, 0.1) is 6.92 Å². The van der Waals surface area contributed by atoms with Gasteiger partial charge < -0.3 is 14.8 Å². The average Bonchev–Trinajstić information content (AvgIpc) is 2.75. The number of anilines is 2. The van der Waals surface area contributed by atoms with Crippen LogP contribution < -0.4 is 10.2 Å². The molecule has 2 aromatic rings. The highest BCUT2D eigenvalue weighted by atomic mass is 15.2. The van der Waals surface area contributed by atoms with Gasteiger partial charge in [0.05, 0.1) is 6.54 Å². The standard InChI is InChI=1S/C12H18N6/c1-9-7-15-12(13-2)16-11(9)18(4)8-10-14-5-6-17(10)3/h5-7H,8H2,1-4H3,(H,13,15,16). The second-order valence-electron chi connectivity index (χ2n) is 4.26. The van der Waals surface area contributed by atoms with E-state index in [0.717, 1.165) is 17.2 Å². The lowest BCUT2D eigenvalue weighted by Crippen LogP contribution is -2.21. The summed E-state index contributed by atoms with van der Waals surface area (Å²) in [7, 11) is 5.80. The lowest BCUT2D eigenvalue weighted by Gasteiger charge is -2.20. The summed E-state index contributed by atoms with van der Waals surface area (Å²) in [6.07, 6.45) is 5.56. The van der Waals surface area contributed by atoms with Crippen LogP contribution in [0.25, 0.3) is 0 Å². The van der Waals surface area contributed by atoms with Crippen LogP contribution in [-0.4, -0.2) is 33.6 Å². The molecule has 0 spiro atoms. The molecule has 0 aliphatic carbocycles. The summed E-state index contributed by atoms with van der Waals surface area (Å²) in [5.74, 6) is 2.54.